The standard InChI is InChI=1S/C15H16O2/c1-9-10(2)15(17-12(4)16)11(3)14-8-6-5-7-13(9)14/h5-8H,1-4H3. The van der Waals surface area contributed by atoms with E-state index in [1.807, 2.05) is 26.0 Å². The fourth-order valence-corrected chi connectivity index (χ4v) is 2.21. The smallest absolute Gasteiger partial charge is 0.308 e. The first-order chi connectivity index (χ1) is 8.02. The van der Waals surface area contributed by atoms with Gasteiger partial charge in [-0.15, -0.1) is 0 Å². The van der Waals surface area contributed by atoms with Crippen LogP contribution in [0.4, 0.5) is 0 Å². The van der Waals surface area contributed by atoms with Gasteiger partial charge in [-0.2, -0.15) is 0 Å². The van der Waals surface area contributed by atoms with Gasteiger partial charge in [-0.3, -0.25) is 4.79 Å². The van der Waals surface area contributed by atoms with Crippen molar-refractivity contribution in [2.24, 2.45) is 0 Å². The molecule has 2 heteroatoms. The van der Waals surface area contributed by atoms with Crippen molar-refractivity contribution >= 4 is 16.7 Å². The molecular weight excluding hydrogens is 212 g/mol. The van der Waals surface area contributed by atoms with E-state index in [2.05, 4.69) is 19.1 Å². The molecule has 2 rings (SSSR count). The molecule has 0 unspecified atom stereocenters. The number of hydrogen-bond donors (Lipinski definition) is 0. The highest BCUT2D eigenvalue weighted by Gasteiger charge is 2.13. The molecule has 0 spiro atoms. The fraction of sp³-hybridized carbons (Fsp3) is 0.267. The maximum atomic E-state index is 11.1. The summed E-state index contributed by atoms with van der Waals surface area (Å²) in [6, 6.07) is 8.19. The lowest BCUT2D eigenvalue weighted by atomic mass is 9.95. The van der Waals surface area contributed by atoms with Crippen LogP contribution in [0.2, 0.25) is 0 Å². The van der Waals surface area contributed by atoms with Crippen molar-refractivity contribution in [2.45, 2.75) is 27.7 Å². The van der Waals surface area contributed by atoms with Crippen LogP contribution in [0.1, 0.15) is 23.6 Å². The molecule has 0 fully saturated rings. The molecule has 0 atom stereocenters. The van der Waals surface area contributed by atoms with Gasteiger partial charge in [0.2, 0.25) is 0 Å². The predicted molar refractivity (Wildman–Crippen MR) is 69.5 cm³/mol. The van der Waals surface area contributed by atoms with E-state index in [1.54, 1.807) is 0 Å². The lowest BCUT2D eigenvalue weighted by Crippen LogP contribution is -2.06. The van der Waals surface area contributed by atoms with Crippen molar-refractivity contribution < 1.29 is 9.53 Å². The Hall–Kier alpha value is -1.83. The van der Waals surface area contributed by atoms with Crippen molar-refractivity contribution in [3.05, 3.63) is 41.0 Å². The van der Waals surface area contributed by atoms with Crippen LogP contribution in [0, 0.1) is 20.8 Å². The highest BCUT2D eigenvalue weighted by molar-refractivity contribution is 5.92. The SMILES string of the molecule is CC(=O)Oc1c(C)c(C)c2ccccc2c1C. The van der Waals surface area contributed by atoms with Gasteiger partial charge in [-0.05, 0) is 48.2 Å². The van der Waals surface area contributed by atoms with Gasteiger partial charge in [0.1, 0.15) is 5.75 Å². The van der Waals surface area contributed by atoms with E-state index in [0.29, 0.717) is 5.75 Å². The second-order valence-electron chi connectivity index (χ2n) is 4.34. The molecule has 0 aliphatic heterocycles. The molecule has 17 heavy (non-hydrogen) atoms. The van der Waals surface area contributed by atoms with Crippen LogP contribution >= 0.6 is 0 Å². The Morgan fingerprint density at radius 3 is 2.00 bits per heavy atom. The molecule has 88 valence electrons. The van der Waals surface area contributed by atoms with Crippen molar-refractivity contribution in [1.82, 2.24) is 0 Å². The topological polar surface area (TPSA) is 26.3 Å². The summed E-state index contributed by atoms with van der Waals surface area (Å²) in [5.41, 5.74) is 3.23. The first-order valence-electron chi connectivity index (χ1n) is 5.69. The van der Waals surface area contributed by atoms with Crippen molar-refractivity contribution in [3.63, 3.8) is 0 Å². The van der Waals surface area contributed by atoms with E-state index in [1.165, 1.54) is 17.9 Å². The Balaban J connectivity index is 2.81. The summed E-state index contributed by atoms with van der Waals surface area (Å²) in [7, 11) is 0. The van der Waals surface area contributed by atoms with Crippen LogP contribution in [0.5, 0.6) is 5.75 Å². The van der Waals surface area contributed by atoms with E-state index < -0.39 is 0 Å². The highest BCUT2D eigenvalue weighted by Crippen LogP contribution is 2.34. The molecule has 0 radical (unpaired) electrons. The Morgan fingerprint density at radius 1 is 0.941 bits per heavy atom. The van der Waals surface area contributed by atoms with E-state index in [-0.39, 0.29) is 5.97 Å². The number of aryl methyl sites for hydroxylation is 2. The molecule has 0 N–H and O–H groups in total. The number of hydrogen-bond acceptors (Lipinski definition) is 2. The van der Waals surface area contributed by atoms with E-state index in [9.17, 15) is 4.79 Å². The number of carbonyl (C=O) groups is 1. The molecule has 0 saturated carbocycles. The third kappa shape index (κ3) is 1.91. The largest absolute Gasteiger partial charge is 0.426 e. The Kier molecular flexibility index (Phi) is 2.88. The molecule has 0 saturated heterocycles. The van der Waals surface area contributed by atoms with Crippen LogP contribution in [0.15, 0.2) is 24.3 Å². The summed E-state index contributed by atoms with van der Waals surface area (Å²) in [5, 5.41) is 2.37. The molecule has 0 aliphatic carbocycles. The first-order valence-corrected chi connectivity index (χ1v) is 5.69. The average molecular weight is 228 g/mol. The molecule has 0 bridgehead atoms. The second kappa shape index (κ2) is 4.21. The van der Waals surface area contributed by atoms with Crippen LogP contribution in [0.3, 0.4) is 0 Å². The predicted octanol–water partition coefficient (Wildman–Crippen LogP) is 3.69. The summed E-state index contributed by atoms with van der Waals surface area (Å²) in [6.07, 6.45) is 0. The number of fused-ring (bicyclic) bond motifs is 1. The number of esters is 1. The number of ether oxygens (including phenoxy) is 1. The maximum absolute atomic E-state index is 11.1. The van der Waals surface area contributed by atoms with Gasteiger partial charge in [0, 0.05) is 6.92 Å². The summed E-state index contributed by atoms with van der Waals surface area (Å²) in [5.74, 6) is 0.430. The third-order valence-corrected chi connectivity index (χ3v) is 3.22. The first kappa shape index (κ1) is 11.6. The number of benzene rings is 2. The van der Waals surface area contributed by atoms with Crippen LogP contribution < -0.4 is 4.74 Å². The summed E-state index contributed by atoms with van der Waals surface area (Å²) in [6.45, 7) is 7.48. The molecule has 0 heterocycles. The lowest BCUT2D eigenvalue weighted by Gasteiger charge is -2.15. The van der Waals surface area contributed by atoms with Gasteiger partial charge in [-0.1, -0.05) is 24.3 Å². The van der Waals surface area contributed by atoms with Gasteiger partial charge >= 0.3 is 5.97 Å². The Bertz CT molecular complexity index is 597. The van der Waals surface area contributed by atoms with Gasteiger partial charge < -0.3 is 4.74 Å². The minimum Gasteiger partial charge on any atom is -0.426 e. The summed E-state index contributed by atoms with van der Waals surface area (Å²) >= 11 is 0. The van der Waals surface area contributed by atoms with Crippen LogP contribution in [0.25, 0.3) is 10.8 Å². The van der Waals surface area contributed by atoms with E-state index in [0.717, 1.165) is 16.5 Å². The summed E-state index contributed by atoms with van der Waals surface area (Å²) < 4.78 is 5.33. The summed E-state index contributed by atoms with van der Waals surface area (Å²) in [4.78, 5) is 11.1. The van der Waals surface area contributed by atoms with E-state index >= 15 is 0 Å². The zero-order chi connectivity index (χ0) is 12.6. The molecule has 0 aromatic heterocycles. The van der Waals surface area contributed by atoms with Gasteiger partial charge in [0.15, 0.2) is 0 Å². The zero-order valence-corrected chi connectivity index (χ0v) is 10.6. The van der Waals surface area contributed by atoms with Gasteiger partial charge in [-0.25, -0.2) is 0 Å². The highest BCUT2D eigenvalue weighted by atomic mass is 16.5. The Morgan fingerprint density at radius 2 is 1.47 bits per heavy atom. The van der Waals surface area contributed by atoms with E-state index in [4.69, 9.17) is 4.74 Å². The third-order valence-electron chi connectivity index (χ3n) is 3.22. The average Bonchev–Trinajstić information content (AvgIpc) is 2.31. The molecule has 2 aromatic rings. The molecule has 0 aliphatic rings. The zero-order valence-electron chi connectivity index (χ0n) is 10.6. The second-order valence-corrected chi connectivity index (χ2v) is 4.34. The minimum absolute atomic E-state index is 0.272. The van der Waals surface area contributed by atoms with Crippen LogP contribution in [-0.2, 0) is 4.79 Å². The van der Waals surface area contributed by atoms with Crippen molar-refractivity contribution in [1.29, 1.82) is 0 Å². The monoisotopic (exact) mass is 228 g/mol. The molecule has 0 amide bonds. The number of rotatable bonds is 1. The fourth-order valence-electron chi connectivity index (χ4n) is 2.21. The van der Waals surface area contributed by atoms with Crippen LogP contribution in [-0.4, -0.2) is 5.97 Å². The lowest BCUT2D eigenvalue weighted by molar-refractivity contribution is -0.131. The van der Waals surface area contributed by atoms with Gasteiger partial charge in [0.25, 0.3) is 0 Å². The maximum Gasteiger partial charge on any atom is 0.308 e. The molecule has 2 aromatic carbocycles. The van der Waals surface area contributed by atoms with Gasteiger partial charge in [0.05, 0.1) is 0 Å². The number of carbonyl (C=O) groups excluding carboxylic acids is 1. The normalized spacial score (nSPS) is 10.6. The minimum atomic E-state index is -0.272. The quantitative estimate of drug-likeness (QED) is 0.549. The van der Waals surface area contributed by atoms with Crippen molar-refractivity contribution in [3.8, 4) is 5.75 Å². The van der Waals surface area contributed by atoms with Crippen molar-refractivity contribution in [2.75, 3.05) is 0 Å². The molecular formula is C15H16O2. The molecule has 2 nitrogen and oxygen atoms in total. The Labute approximate surface area is 101 Å².